The van der Waals surface area contributed by atoms with Crippen molar-refractivity contribution in [3.05, 3.63) is 69.3 Å². The van der Waals surface area contributed by atoms with Crippen LogP contribution in [0.25, 0.3) is 0 Å². The highest BCUT2D eigenvalue weighted by Crippen LogP contribution is 2.24. The van der Waals surface area contributed by atoms with E-state index in [1.54, 1.807) is 37.3 Å². The van der Waals surface area contributed by atoms with Crippen LogP contribution in [-0.4, -0.2) is 18.0 Å². The van der Waals surface area contributed by atoms with Crippen LogP contribution >= 0.6 is 0 Å². The zero-order valence-electron chi connectivity index (χ0n) is 13.1. The number of nitro benzene ring substituents is 1. The van der Waals surface area contributed by atoms with Crippen LogP contribution in [0.5, 0.6) is 5.75 Å². The van der Waals surface area contributed by atoms with Gasteiger partial charge in [0.2, 0.25) is 0 Å². The minimum atomic E-state index is -0.602. The van der Waals surface area contributed by atoms with Crippen LogP contribution in [0.1, 0.15) is 34.5 Å². The molecule has 6 heteroatoms. The lowest BCUT2D eigenvalue weighted by Crippen LogP contribution is -2.10. The Morgan fingerprint density at radius 2 is 1.96 bits per heavy atom. The van der Waals surface area contributed by atoms with Gasteiger partial charge >= 0.3 is 5.97 Å². The molecule has 1 atom stereocenters. The Labute approximate surface area is 133 Å². The number of aryl methyl sites for hydroxylation is 1. The van der Waals surface area contributed by atoms with Gasteiger partial charge in [0.15, 0.2) is 0 Å². The lowest BCUT2D eigenvalue weighted by Gasteiger charge is -2.14. The SMILES string of the molecule is COc1cc(C(=O)O[C@H](C)c2cccc([N+](=O)[O-])c2)ccc1C. The van der Waals surface area contributed by atoms with Gasteiger partial charge in [-0.1, -0.05) is 18.2 Å². The van der Waals surface area contributed by atoms with Crippen molar-refractivity contribution in [1.82, 2.24) is 0 Å². The van der Waals surface area contributed by atoms with Crippen LogP contribution in [0.2, 0.25) is 0 Å². The molecule has 2 aromatic rings. The summed E-state index contributed by atoms with van der Waals surface area (Å²) in [5, 5.41) is 10.8. The number of ether oxygens (including phenoxy) is 2. The fourth-order valence-corrected chi connectivity index (χ4v) is 2.13. The number of hydrogen-bond donors (Lipinski definition) is 0. The molecule has 0 saturated carbocycles. The van der Waals surface area contributed by atoms with Crippen molar-refractivity contribution in [2.24, 2.45) is 0 Å². The average Bonchev–Trinajstić information content (AvgIpc) is 2.55. The second-order valence-electron chi connectivity index (χ2n) is 5.08. The fourth-order valence-electron chi connectivity index (χ4n) is 2.13. The summed E-state index contributed by atoms with van der Waals surface area (Å²) in [6, 6.07) is 11.1. The molecule has 2 rings (SSSR count). The summed E-state index contributed by atoms with van der Waals surface area (Å²) in [7, 11) is 1.53. The zero-order valence-corrected chi connectivity index (χ0v) is 13.1. The number of carbonyl (C=O) groups is 1. The minimum absolute atomic E-state index is 0.0394. The molecule has 0 aliphatic carbocycles. The van der Waals surface area contributed by atoms with Crippen molar-refractivity contribution >= 4 is 11.7 Å². The molecule has 120 valence electrons. The fraction of sp³-hybridized carbons (Fsp3) is 0.235. The molecule has 0 spiro atoms. The van der Waals surface area contributed by atoms with E-state index < -0.39 is 17.0 Å². The van der Waals surface area contributed by atoms with Crippen molar-refractivity contribution in [1.29, 1.82) is 0 Å². The van der Waals surface area contributed by atoms with Crippen LogP contribution < -0.4 is 4.74 Å². The first-order chi connectivity index (χ1) is 10.9. The topological polar surface area (TPSA) is 78.7 Å². The van der Waals surface area contributed by atoms with E-state index in [1.165, 1.54) is 19.2 Å². The molecule has 2 aromatic carbocycles. The van der Waals surface area contributed by atoms with Crippen LogP contribution in [0.4, 0.5) is 5.69 Å². The van der Waals surface area contributed by atoms with E-state index in [1.807, 2.05) is 6.92 Å². The van der Waals surface area contributed by atoms with Crippen molar-refractivity contribution < 1.29 is 19.2 Å². The number of non-ortho nitro benzene ring substituents is 1. The molecule has 0 aliphatic rings. The zero-order chi connectivity index (χ0) is 17.0. The first kappa shape index (κ1) is 16.5. The van der Waals surface area contributed by atoms with Gasteiger partial charge in [0.05, 0.1) is 17.6 Å². The van der Waals surface area contributed by atoms with Crippen molar-refractivity contribution in [3.63, 3.8) is 0 Å². The number of hydrogen-bond acceptors (Lipinski definition) is 5. The Hall–Kier alpha value is -2.89. The molecule has 0 bridgehead atoms. The van der Waals surface area contributed by atoms with Gasteiger partial charge in [-0.3, -0.25) is 10.1 Å². The number of esters is 1. The Kier molecular flexibility index (Phi) is 4.95. The van der Waals surface area contributed by atoms with Crippen LogP contribution in [0.3, 0.4) is 0 Å². The predicted octanol–water partition coefficient (Wildman–Crippen LogP) is 3.83. The monoisotopic (exact) mass is 315 g/mol. The molecule has 0 saturated heterocycles. The highest BCUT2D eigenvalue weighted by atomic mass is 16.6. The van der Waals surface area contributed by atoms with Gasteiger partial charge in [0.25, 0.3) is 5.69 Å². The number of nitrogens with zero attached hydrogens (tertiary/aromatic N) is 1. The number of rotatable bonds is 5. The molecular weight excluding hydrogens is 298 g/mol. The molecule has 6 nitrogen and oxygen atoms in total. The van der Waals surface area contributed by atoms with E-state index in [4.69, 9.17) is 9.47 Å². The molecule has 0 aliphatic heterocycles. The van der Waals surface area contributed by atoms with E-state index in [9.17, 15) is 14.9 Å². The predicted molar refractivity (Wildman–Crippen MR) is 84.7 cm³/mol. The smallest absolute Gasteiger partial charge is 0.338 e. The second kappa shape index (κ2) is 6.91. The molecule has 0 N–H and O–H groups in total. The van der Waals surface area contributed by atoms with Crippen molar-refractivity contribution in [2.45, 2.75) is 20.0 Å². The summed E-state index contributed by atoms with van der Waals surface area (Å²) >= 11 is 0. The van der Waals surface area contributed by atoms with Gasteiger partial charge in [0, 0.05) is 12.1 Å². The normalized spacial score (nSPS) is 11.6. The van der Waals surface area contributed by atoms with Gasteiger partial charge in [-0.15, -0.1) is 0 Å². The molecule has 0 amide bonds. The van der Waals surface area contributed by atoms with E-state index in [0.29, 0.717) is 16.9 Å². The third-order valence-corrected chi connectivity index (χ3v) is 3.48. The molecule has 0 radical (unpaired) electrons. The summed E-state index contributed by atoms with van der Waals surface area (Å²) in [6.45, 7) is 3.54. The van der Waals surface area contributed by atoms with E-state index in [0.717, 1.165) is 5.56 Å². The van der Waals surface area contributed by atoms with Crippen LogP contribution in [0.15, 0.2) is 42.5 Å². The van der Waals surface area contributed by atoms with Gasteiger partial charge < -0.3 is 9.47 Å². The van der Waals surface area contributed by atoms with E-state index in [-0.39, 0.29) is 5.69 Å². The van der Waals surface area contributed by atoms with Gasteiger partial charge in [0.1, 0.15) is 11.9 Å². The van der Waals surface area contributed by atoms with Crippen LogP contribution in [-0.2, 0) is 4.74 Å². The summed E-state index contributed by atoms with van der Waals surface area (Å²) in [5.74, 6) is 0.0877. The second-order valence-corrected chi connectivity index (χ2v) is 5.08. The molecule has 0 fully saturated rings. The first-order valence-electron chi connectivity index (χ1n) is 7.02. The summed E-state index contributed by atoms with van der Waals surface area (Å²) in [5.41, 5.74) is 1.80. The molecule has 0 aromatic heterocycles. The Balaban J connectivity index is 2.16. The third kappa shape index (κ3) is 3.85. The van der Waals surface area contributed by atoms with Gasteiger partial charge in [-0.2, -0.15) is 0 Å². The standard InChI is InChI=1S/C17H17NO5/c1-11-7-8-14(10-16(11)22-3)17(19)23-12(2)13-5-4-6-15(9-13)18(20)21/h4-10,12H,1-3H3/t12-/m1/s1. The maximum Gasteiger partial charge on any atom is 0.338 e. The number of methoxy groups -OCH3 is 1. The first-order valence-corrected chi connectivity index (χ1v) is 7.02. The van der Waals surface area contributed by atoms with Crippen LogP contribution in [0, 0.1) is 17.0 Å². The Bertz CT molecular complexity index is 742. The maximum atomic E-state index is 12.2. The Morgan fingerprint density at radius 3 is 2.61 bits per heavy atom. The lowest BCUT2D eigenvalue weighted by atomic mass is 10.1. The largest absolute Gasteiger partial charge is 0.496 e. The van der Waals surface area contributed by atoms with E-state index in [2.05, 4.69) is 0 Å². The minimum Gasteiger partial charge on any atom is -0.496 e. The molecule has 0 unspecified atom stereocenters. The number of benzene rings is 2. The summed E-state index contributed by atoms with van der Waals surface area (Å²) in [4.78, 5) is 22.5. The highest BCUT2D eigenvalue weighted by molar-refractivity contribution is 5.90. The van der Waals surface area contributed by atoms with Crippen molar-refractivity contribution in [2.75, 3.05) is 7.11 Å². The van der Waals surface area contributed by atoms with E-state index >= 15 is 0 Å². The lowest BCUT2D eigenvalue weighted by molar-refractivity contribution is -0.385. The molecular formula is C17H17NO5. The molecule has 0 heterocycles. The Morgan fingerprint density at radius 1 is 1.22 bits per heavy atom. The summed E-state index contributed by atoms with van der Waals surface area (Å²) < 4.78 is 10.6. The van der Waals surface area contributed by atoms with Crippen molar-refractivity contribution in [3.8, 4) is 5.75 Å². The maximum absolute atomic E-state index is 12.2. The number of carbonyl (C=O) groups excluding carboxylic acids is 1. The van der Waals surface area contributed by atoms with Gasteiger partial charge in [-0.25, -0.2) is 4.79 Å². The summed E-state index contributed by atoms with van der Waals surface area (Å²) in [6.07, 6.45) is -0.602. The van der Waals surface area contributed by atoms with Gasteiger partial charge in [-0.05, 0) is 37.1 Å². The average molecular weight is 315 g/mol. The quantitative estimate of drug-likeness (QED) is 0.476. The highest BCUT2D eigenvalue weighted by Gasteiger charge is 2.17. The number of nitro groups is 1. The molecule has 23 heavy (non-hydrogen) atoms. The third-order valence-electron chi connectivity index (χ3n) is 3.48.